The van der Waals surface area contributed by atoms with Crippen LogP contribution in [-0.4, -0.2) is 47.9 Å². The molecule has 1 aliphatic carbocycles. The second-order valence-electron chi connectivity index (χ2n) is 7.19. The zero-order chi connectivity index (χ0) is 18.3. The van der Waals surface area contributed by atoms with Gasteiger partial charge in [-0.1, -0.05) is 38.1 Å². The van der Waals surface area contributed by atoms with E-state index in [1.807, 2.05) is 38.1 Å². The molecule has 0 saturated carbocycles. The maximum Gasteiger partial charge on any atom is 0.246 e. The van der Waals surface area contributed by atoms with Crippen molar-refractivity contribution in [3.8, 4) is 0 Å². The normalized spacial score (nSPS) is 22.0. The van der Waals surface area contributed by atoms with Gasteiger partial charge in [0, 0.05) is 19.0 Å². The molecule has 0 N–H and O–H groups in total. The van der Waals surface area contributed by atoms with Crippen molar-refractivity contribution in [2.75, 3.05) is 19.7 Å². The Morgan fingerprint density at radius 3 is 2.46 bits per heavy atom. The number of fused-ring (bicyclic) bond motifs is 1. The van der Waals surface area contributed by atoms with E-state index in [4.69, 9.17) is 9.15 Å². The van der Waals surface area contributed by atoms with Crippen molar-refractivity contribution in [2.24, 2.45) is 0 Å². The van der Waals surface area contributed by atoms with Gasteiger partial charge in [-0.05, 0) is 24.0 Å². The lowest BCUT2D eigenvalue weighted by Gasteiger charge is -2.32. The van der Waals surface area contributed by atoms with Crippen LogP contribution in [0.25, 0.3) is 0 Å². The molecule has 1 fully saturated rings. The highest BCUT2D eigenvalue weighted by atomic mass is 32.2. The first-order valence-electron chi connectivity index (χ1n) is 8.96. The average molecular weight is 377 g/mol. The Morgan fingerprint density at radius 2 is 1.85 bits per heavy atom. The standard InChI is InChI=1S/C18H23N3O4S/c1-12(2)17-19-20-18(25-17)16-11-21(7-8-24-16)26(22,23)15-9-13-5-3-4-6-14(13)10-15/h3-6,12,15-16H,7-11H2,1-2H3/t16-/m1/s1. The Balaban J connectivity index is 1.50. The quantitative estimate of drug-likeness (QED) is 0.811. The van der Waals surface area contributed by atoms with Gasteiger partial charge < -0.3 is 9.15 Å². The number of hydrogen-bond donors (Lipinski definition) is 0. The molecule has 1 aliphatic heterocycles. The molecule has 2 aliphatic rings. The number of hydrogen-bond acceptors (Lipinski definition) is 6. The summed E-state index contributed by atoms with van der Waals surface area (Å²) in [4.78, 5) is 0. The van der Waals surface area contributed by atoms with Crippen molar-refractivity contribution in [3.05, 3.63) is 47.2 Å². The molecule has 2 heterocycles. The molecule has 4 rings (SSSR count). The van der Waals surface area contributed by atoms with E-state index >= 15 is 0 Å². The van der Waals surface area contributed by atoms with Crippen molar-refractivity contribution in [1.29, 1.82) is 0 Å². The summed E-state index contributed by atoms with van der Waals surface area (Å²) in [5.74, 6) is 1.01. The van der Waals surface area contributed by atoms with E-state index in [-0.39, 0.29) is 12.5 Å². The van der Waals surface area contributed by atoms with Gasteiger partial charge in [0.2, 0.25) is 21.8 Å². The Kier molecular flexibility index (Phi) is 4.58. The van der Waals surface area contributed by atoms with Crippen molar-refractivity contribution in [3.63, 3.8) is 0 Å². The van der Waals surface area contributed by atoms with Crippen LogP contribution in [0.3, 0.4) is 0 Å². The lowest BCUT2D eigenvalue weighted by molar-refractivity contribution is -0.0181. The first-order valence-corrected chi connectivity index (χ1v) is 10.5. The van der Waals surface area contributed by atoms with Gasteiger partial charge in [-0.15, -0.1) is 10.2 Å². The third kappa shape index (κ3) is 3.17. The summed E-state index contributed by atoms with van der Waals surface area (Å²) in [6.45, 7) is 4.83. The highest BCUT2D eigenvalue weighted by Gasteiger charge is 2.40. The molecule has 1 saturated heterocycles. The van der Waals surface area contributed by atoms with Gasteiger partial charge in [-0.25, -0.2) is 8.42 Å². The fourth-order valence-electron chi connectivity index (χ4n) is 3.56. The molecular weight excluding hydrogens is 354 g/mol. The number of morpholine rings is 1. The largest absolute Gasteiger partial charge is 0.422 e. The number of ether oxygens (including phenoxy) is 1. The number of sulfonamides is 1. The van der Waals surface area contributed by atoms with Gasteiger partial charge in [0.1, 0.15) is 6.10 Å². The smallest absolute Gasteiger partial charge is 0.246 e. The molecule has 0 bridgehead atoms. The predicted octanol–water partition coefficient (Wildman–Crippen LogP) is 2.06. The average Bonchev–Trinajstić information content (AvgIpc) is 3.29. The van der Waals surface area contributed by atoms with Crippen LogP contribution >= 0.6 is 0 Å². The van der Waals surface area contributed by atoms with Crippen LogP contribution in [-0.2, 0) is 27.6 Å². The van der Waals surface area contributed by atoms with Crippen LogP contribution in [0.4, 0.5) is 0 Å². The van der Waals surface area contributed by atoms with Crippen LogP contribution in [0.5, 0.6) is 0 Å². The van der Waals surface area contributed by atoms with Gasteiger partial charge in [-0.2, -0.15) is 4.31 Å². The van der Waals surface area contributed by atoms with Crippen LogP contribution in [0.15, 0.2) is 28.7 Å². The van der Waals surface area contributed by atoms with Gasteiger partial charge in [-0.3, -0.25) is 0 Å². The third-order valence-electron chi connectivity index (χ3n) is 5.05. The molecule has 1 atom stereocenters. The predicted molar refractivity (Wildman–Crippen MR) is 95.2 cm³/mol. The van der Waals surface area contributed by atoms with E-state index in [9.17, 15) is 8.42 Å². The maximum absolute atomic E-state index is 13.2. The Hall–Kier alpha value is -1.77. The summed E-state index contributed by atoms with van der Waals surface area (Å²) in [6.07, 6.45) is 0.624. The van der Waals surface area contributed by atoms with Gasteiger partial charge in [0.05, 0.1) is 11.9 Å². The van der Waals surface area contributed by atoms with Gasteiger partial charge >= 0.3 is 0 Å². The number of rotatable bonds is 4. The summed E-state index contributed by atoms with van der Waals surface area (Å²) in [5, 5.41) is 7.65. The van der Waals surface area contributed by atoms with E-state index < -0.39 is 21.4 Å². The first kappa shape index (κ1) is 17.6. The molecule has 2 aromatic rings. The minimum atomic E-state index is -3.42. The van der Waals surface area contributed by atoms with E-state index in [0.717, 1.165) is 11.1 Å². The van der Waals surface area contributed by atoms with Crippen molar-refractivity contribution < 1.29 is 17.6 Å². The summed E-state index contributed by atoms with van der Waals surface area (Å²) in [7, 11) is -3.42. The Bertz CT molecular complexity index is 868. The number of benzene rings is 1. The Morgan fingerprint density at radius 1 is 1.15 bits per heavy atom. The van der Waals surface area contributed by atoms with E-state index in [0.29, 0.717) is 37.8 Å². The zero-order valence-corrected chi connectivity index (χ0v) is 15.8. The highest BCUT2D eigenvalue weighted by Crippen LogP contribution is 2.31. The van der Waals surface area contributed by atoms with Crippen LogP contribution in [0.2, 0.25) is 0 Å². The molecule has 0 spiro atoms. The lowest BCUT2D eigenvalue weighted by atomic mass is 10.1. The Labute approximate surface area is 153 Å². The molecule has 0 amide bonds. The minimum Gasteiger partial charge on any atom is -0.422 e. The topological polar surface area (TPSA) is 85.5 Å². The van der Waals surface area contributed by atoms with Gasteiger partial charge in [0.25, 0.3) is 0 Å². The highest BCUT2D eigenvalue weighted by molar-refractivity contribution is 7.89. The van der Waals surface area contributed by atoms with Crippen molar-refractivity contribution >= 4 is 10.0 Å². The summed E-state index contributed by atoms with van der Waals surface area (Å²) >= 11 is 0. The fraction of sp³-hybridized carbons (Fsp3) is 0.556. The third-order valence-corrected chi connectivity index (χ3v) is 7.28. The first-order chi connectivity index (χ1) is 12.4. The molecule has 7 nitrogen and oxygen atoms in total. The molecule has 0 unspecified atom stereocenters. The van der Waals surface area contributed by atoms with Gasteiger partial charge in [0.15, 0.2) is 0 Å². The van der Waals surface area contributed by atoms with Crippen molar-refractivity contribution in [2.45, 2.75) is 44.0 Å². The molecule has 26 heavy (non-hydrogen) atoms. The summed E-state index contributed by atoms with van der Waals surface area (Å²) < 4.78 is 39.2. The SMILES string of the molecule is CC(C)c1nnc([C@H]2CN(S(=O)(=O)C3Cc4ccccc4C3)CCO2)o1. The molecular formula is C18H23N3O4S. The second kappa shape index (κ2) is 6.75. The van der Waals surface area contributed by atoms with Crippen molar-refractivity contribution in [1.82, 2.24) is 14.5 Å². The second-order valence-corrected chi connectivity index (χ2v) is 9.41. The molecule has 8 heteroatoms. The summed E-state index contributed by atoms with van der Waals surface area (Å²) in [6, 6.07) is 7.94. The zero-order valence-electron chi connectivity index (χ0n) is 15.0. The maximum atomic E-state index is 13.2. The number of nitrogens with zero attached hydrogens (tertiary/aromatic N) is 3. The molecule has 1 aromatic carbocycles. The van der Waals surface area contributed by atoms with Crippen LogP contribution in [0.1, 0.15) is 48.8 Å². The monoisotopic (exact) mass is 377 g/mol. The molecule has 1 aromatic heterocycles. The number of aromatic nitrogens is 2. The van der Waals surface area contributed by atoms with E-state index in [1.54, 1.807) is 0 Å². The fourth-order valence-corrected chi connectivity index (χ4v) is 5.43. The lowest BCUT2D eigenvalue weighted by Crippen LogP contribution is -2.46. The van der Waals surface area contributed by atoms with E-state index in [1.165, 1.54) is 4.31 Å². The van der Waals surface area contributed by atoms with Crippen LogP contribution < -0.4 is 0 Å². The van der Waals surface area contributed by atoms with E-state index in [2.05, 4.69) is 10.2 Å². The summed E-state index contributed by atoms with van der Waals surface area (Å²) in [5.41, 5.74) is 2.26. The molecule has 0 radical (unpaired) electrons. The van der Waals surface area contributed by atoms with Crippen LogP contribution in [0, 0.1) is 0 Å². The minimum absolute atomic E-state index is 0.122. The molecule has 140 valence electrons.